The van der Waals surface area contributed by atoms with E-state index in [1.54, 1.807) is 12.4 Å². The van der Waals surface area contributed by atoms with E-state index in [9.17, 15) is 0 Å². The summed E-state index contributed by atoms with van der Waals surface area (Å²) < 4.78 is 0. The number of aliphatic imine (C=N–C) groups is 3. The fraction of sp³-hybridized carbons (Fsp3) is 0.571. The highest BCUT2D eigenvalue weighted by Gasteiger charge is 2.13. The molecule has 0 N–H and O–H groups in total. The van der Waals surface area contributed by atoms with Crippen LogP contribution in [0.1, 0.15) is 20.8 Å². The molecule has 0 aromatic rings. The maximum Gasteiger partial charge on any atom is 0.146 e. The van der Waals surface area contributed by atoms with Crippen molar-refractivity contribution in [2.24, 2.45) is 15.0 Å². The lowest BCUT2D eigenvalue weighted by molar-refractivity contribution is 0.557. The summed E-state index contributed by atoms with van der Waals surface area (Å²) in [4.78, 5) is 12.4. The largest absolute Gasteiger partial charge is 0.262 e. The summed E-state index contributed by atoms with van der Waals surface area (Å²) in [6.45, 7) is 5.76. The van der Waals surface area contributed by atoms with Crippen LogP contribution in [0, 0.1) is 0 Å². The van der Waals surface area contributed by atoms with E-state index < -0.39 is 0 Å². The van der Waals surface area contributed by atoms with Crippen molar-refractivity contribution in [2.75, 3.05) is 0 Å². The van der Waals surface area contributed by atoms with Gasteiger partial charge in [-0.25, -0.2) is 9.98 Å². The normalized spacial score (nSPS) is 22.1. The molecule has 3 nitrogen and oxygen atoms in total. The molecular formula is C7H11N3. The predicted molar refractivity (Wildman–Crippen MR) is 44.2 cm³/mol. The molecule has 54 valence electrons. The zero-order valence-electron chi connectivity index (χ0n) is 6.50. The molecule has 1 rings (SSSR count). The highest BCUT2D eigenvalue weighted by molar-refractivity contribution is 6.19. The highest BCUT2D eigenvalue weighted by atomic mass is 15.1. The predicted octanol–water partition coefficient (Wildman–Crippen LogP) is 1.30. The molecule has 1 aliphatic heterocycles. The fourth-order valence-corrected chi connectivity index (χ4v) is 0.811. The molecule has 0 saturated heterocycles. The van der Waals surface area contributed by atoms with Gasteiger partial charge < -0.3 is 0 Å². The zero-order chi connectivity index (χ0) is 7.61. The summed E-state index contributed by atoms with van der Waals surface area (Å²) in [5.41, 5.74) is -0.333. The van der Waals surface area contributed by atoms with Crippen molar-refractivity contribution >= 4 is 18.3 Å². The van der Waals surface area contributed by atoms with Crippen LogP contribution in [-0.4, -0.2) is 23.9 Å². The Kier molecular flexibility index (Phi) is 1.66. The SMILES string of the molecule is CC1=NC(C)(C)N=CC=N1. The summed E-state index contributed by atoms with van der Waals surface area (Å²) in [6, 6.07) is 0. The van der Waals surface area contributed by atoms with E-state index >= 15 is 0 Å². The van der Waals surface area contributed by atoms with E-state index in [0.717, 1.165) is 5.84 Å². The smallest absolute Gasteiger partial charge is 0.146 e. The topological polar surface area (TPSA) is 37.1 Å². The lowest BCUT2D eigenvalue weighted by Crippen LogP contribution is -2.13. The van der Waals surface area contributed by atoms with Crippen LogP contribution < -0.4 is 0 Å². The highest BCUT2D eigenvalue weighted by Crippen LogP contribution is 2.11. The van der Waals surface area contributed by atoms with E-state index in [-0.39, 0.29) is 5.66 Å². The molecule has 0 aromatic carbocycles. The third kappa shape index (κ3) is 1.76. The van der Waals surface area contributed by atoms with Crippen LogP contribution in [0.5, 0.6) is 0 Å². The average Bonchev–Trinajstić information content (AvgIpc) is 1.90. The standard InChI is InChI=1S/C7H11N3/c1-6-8-4-5-9-7(2,3)10-6/h4-5H,1-3H3. The van der Waals surface area contributed by atoms with Gasteiger partial charge in [0.15, 0.2) is 0 Å². The minimum Gasteiger partial charge on any atom is -0.262 e. The first kappa shape index (κ1) is 7.12. The summed E-state index contributed by atoms with van der Waals surface area (Å²) in [7, 11) is 0. The molecule has 0 spiro atoms. The Morgan fingerprint density at radius 2 is 2.00 bits per heavy atom. The van der Waals surface area contributed by atoms with Crippen molar-refractivity contribution in [3.8, 4) is 0 Å². The molecule has 0 fully saturated rings. The molecule has 0 radical (unpaired) electrons. The van der Waals surface area contributed by atoms with Gasteiger partial charge in [0.05, 0.1) is 0 Å². The third-order valence-corrected chi connectivity index (χ3v) is 1.15. The van der Waals surface area contributed by atoms with Crippen molar-refractivity contribution in [3.63, 3.8) is 0 Å². The molecule has 1 heterocycles. The maximum atomic E-state index is 4.23. The molecule has 3 heteroatoms. The molecule has 0 bridgehead atoms. The number of hydrogen-bond donors (Lipinski definition) is 0. The minimum atomic E-state index is -0.333. The van der Waals surface area contributed by atoms with Crippen molar-refractivity contribution in [2.45, 2.75) is 26.4 Å². The van der Waals surface area contributed by atoms with Crippen LogP contribution in [-0.2, 0) is 0 Å². The maximum absolute atomic E-state index is 4.23. The van der Waals surface area contributed by atoms with Crippen LogP contribution in [0.3, 0.4) is 0 Å². The summed E-state index contributed by atoms with van der Waals surface area (Å²) in [5, 5.41) is 0. The van der Waals surface area contributed by atoms with Gasteiger partial charge >= 0.3 is 0 Å². The number of hydrogen-bond acceptors (Lipinski definition) is 3. The van der Waals surface area contributed by atoms with Gasteiger partial charge in [-0.1, -0.05) is 0 Å². The van der Waals surface area contributed by atoms with Gasteiger partial charge in [-0.15, -0.1) is 0 Å². The molecule has 1 aliphatic rings. The van der Waals surface area contributed by atoms with Gasteiger partial charge in [0.25, 0.3) is 0 Å². The molecule has 10 heavy (non-hydrogen) atoms. The lowest BCUT2D eigenvalue weighted by atomic mass is 10.3. The van der Waals surface area contributed by atoms with Crippen molar-refractivity contribution in [1.82, 2.24) is 0 Å². The van der Waals surface area contributed by atoms with Crippen LogP contribution in [0.25, 0.3) is 0 Å². The van der Waals surface area contributed by atoms with Crippen LogP contribution in [0.2, 0.25) is 0 Å². The molecule has 0 saturated carbocycles. The Morgan fingerprint density at radius 3 is 2.70 bits per heavy atom. The summed E-state index contributed by atoms with van der Waals surface area (Å²) >= 11 is 0. The summed E-state index contributed by atoms with van der Waals surface area (Å²) in [5.74, 6) is 0.780. The zero-order valence-corrected chi connectivity index (χ0v) is 6.50. The van der Waals surface area contributed by atoms with E-state index in [1.165, 1.54) is 0 Å². The van der Waals surface area contributed by atoms with E-state index in [2.05, 4.69) is 15.0 Å². The van der Waals surface area contributed by atoms with E-state index in [4.69, 9.17) is 0 Å². The van der Waals surface area contributed by atoms with Gasteiger partial charge in [0.2, 0.25) is 0 Å². The van der Waals surface area contributed by atoms with Gasteiger partial charge in [-0.2, -0.15) is 0 Å². The molecule has 0 unspecified atom stereocenters. The van der Waals surface area contributed by atoms with E-state index in [0.29, 0.717) is 0 Å². The first-order valence-electron chi connectivity index (χ1n) is 3.24. The van der Waals surface area contributed by atoms with E-state index in [1.807, 2.05) is 20.8 Å². The quantitative estimate of drug-likeness (QED) is 0.482. The molecule has 0 atom stereocenters. The van der Waals surface area contributed by atoms with Crippen LogP contribution in [0.15, 0.2) is 15.0 Å². The monoisotopic (exact) mass is 137 g/mol. The van der Waals surface area contributed by atoms with Gasteiger partial charge in [-0.05, 0) is 20.8 Å². The molecule has 0 amide bonds. The Bertz CT molecular complexity index is 211. The second-order valence-corrected chi connectivity index (χ2v) is 2.71. The van der Waals surface area contributed by atoms with Crippen molar-refractivity contribution < 1.29 is 0 Å². The van der Waals surface area contributed by atoms with Crippen molar-refractivity contribution in [1.29, 1.82) is 0 Å². The van der Waals surface area contributed by atoms with Crippen LogP contribution >= 0.6 is 0 Å². The summed E-state index contributed by atoms with van der Waals surface area (Å²) in [6.07, 6.45) is 3.34. The average molecular weight is 137 g/mol. The Balaban J connectivity index is 2.93. The molecular weight excluding hydrogens is 126 g/mol. The second kappa shape index (κ2) is 2.33. The number of nitrogens with zero attached hydrogens (tertiary/aromatic N) is 3. The molecule has 0 aromatic heterocycles. The Hall–Kier alpha value is -0.990. The lowest BCUT2D eigenvalue weighted by Gasteiger charge is -2.11. The number of rotatable bonds is 0. The second-order valence-electron chi connectivity index (χ2n) is 2.71. The number of amidine groups is 1. The first-order chi connectivity index (χ1) is 4.60. The van der Waals surface area contributed by atoms with Crippen molar-refractivity contribution in [3.05, 3.63) is 0 Å². The van der Waals surface area contributed by atoms with Gasteiger partial charge in [-0.3, -0.25) is 4.99 Å². The Morgan fingerprint density at radius 1 is 1.30 bits per heavy atom. The van der Waals surface area contributed by atoms with Crippen LogP contribution in [0.4, 0.5) is 0 Å². The first-order valence-corrected chi connectivity index (χ1v) is 3.24. The fourth-order valence-electron chi connectivity index (χ4n) is 0.811. The minimum absolute atomic E-state index is 0.333. The van der Waals surface area contributed by atoms with Gasteiger partial charge in [0, 0.05) is 12.4 Å². The van der Waals surface area contributed by atoms with Gasteiger partial charge in [0.1, 0.15) is 11.5 Å². The molecule has 0 aliphatic carbocycles. The third-order valence-electron chi connectivity index (χ3n) is 1.15. The Labute approximate surface area is 60.6 Å².